The summed E-state index contributed by atoms with van der Waals surface area (Å²) in [4.78, 5) is 28.0. The molecule has 3 aromatic carbocycles. The molecule has 2 amide bonds. The highest BCUT2D eigenvalue weighted by Gasteiger charge is 2.54. The van der Waals surface area contributed by atoms with Gasteiger partial charge in [-0.25, -0.2) is 9.91 Å². The summed E-state index contributed by atoms with van der Waals surface area (Å²) in [6.45, 7) is 0. The van der Waals surface area contributed by atoms with E-state index in [4.69, 9.17) is 0 Å². The van der Waals surface area contributed by atoms with Crippen LogP contribution >= 0.6 is 0 Å². The lowest BCUT2D eigenvalue weighted by Crippen LogP contribution is -2.55. The van der Waals surface area contributed by atoms with Crippen molar-refractivity contribution < 1.29 is 19.8 Å². The van der Waals surface area contributed by atoms with E-state index in [0.29, 0.717) is 11.3 Å². The number of para-hydroxylation sites is 2. The quantitative estimate of drug-likeness (QED) is 0.416. The number of nitrogens with zero attached hydrogens (tertiary/aromatic N) is 2. The number of benzene rings is 3. The Morgan fingerprint density at radius 2 is 1.52 bits per heavy atom. The smallest absolute Gasteiger partial charge is 0.254 e. The maximum absolute atomic E-state index is 13.6. The molecule has 7 heteroatoms. The van der Waals surface area contributed by atoms with E-state index in [2.05, 4.69) is 5.43 Å². The van der Waals surface area contributed by atoms with Crippen LogP contribution in [0.1, 0.15) is 11.7 Å². The van der Waals surface area contributed by atoms with Gasteiger partial charge in [0, 0.05) is 5.69 Å². The van der Waals surface area contributed by atoms with Gasteiger partial charge >= 0.3 is 0 Å². The average molecular weight is 441 g/mol. The van der Waals surface area contributed by atoms with Crippen molar-refractivity contribution in [1.29, 1.82) is 0 Å². The van der Waals surface area contributed by atoms with Gasteiger partial charge in [0.1, 0.15) is 17.9 Å². The van der Waals surface area contributed by atoms with Crippen molar-refractivity contribution in [3.8, 4) is 5.75 Å². The molecule has 4 atom stereocenters. The number of imide groups is 1. The van der Waals surface area contributed by atoms with E-state index < -0.39 is 24.1 Å². The van der Waals surface area contributed by atoms with Gasteiger partial charge in [-0.15, -0.1) is 0 Å². The van der Waals surface area contributed by atoms with Gasteiger partial charge in [0.2, 0.25) is 5.91 Å². The molecule has 3 aromatic rings. The molecule has 0 aromatic heterocycles. The number of aliphatic hydroxyl groups excluding tert-OH is 1. The number of aliphatic hydroxyl groups is 1. The fraction of sp³-hybridized carbons (Fsp3) is 0.154. The molecule has 5 rings (SSSR count). The minimum absolute atomic E-state index is 0.0363. The summed E-state index contributed by atoms with van der Waals surface area (Å²) >= 11 is 0. The minimum Gasteiger partial charge on any atom is -0.508 e. The fourth-order valence-electron chi connectivity index (χ4n) is 4.47. The third-order valence-corrected chi connectivity index (χ3v) is 6.04. The zero-order valence-electron chi connectivity index (χ0n) is 17.7. The molecule has 1 fully saturated rings. The van der Waals surface area contributed by atoms with Gasteiger partial charge in [-0.3, -0.25) is 9.59 Å². The second kappa shape index (κ2) is 8.54. The summed E-state index contributed by atoms with van der Waals surface area (Å²) in [7, 11) is 0. The number of amides is 2. The number of hydrogen-bond donors (Lipinski definition) is 3. The van der Waals surface area contributed by atoms with Gasteiger partial charge in [-0.1, -0.05) is 60.7 Å². The number of aromatic hydroxyl groups is 1. The van der Waals surface area contributed by atoms with Crippen LogP contribution in [0.15, 0.2) is 97.1 Å². The number of carbonyl (C=O) groups excluding carboxylic acids is 2. The van der Waals surface area contributed by atoms with E-state index in [-0.39, 0.29) is 17.6 Å². The summed E-state index contributed by atoms with van der Waals surface area (Å²) in [6.07, 6.45) is 2.39. The normalized spacial score (nSPS) is 23.4. The number of phenols is 1. The third-order valence-electron chi connectivity index (χ3n) is 6.04. The Bertz CT molecular complexity index is 1200. The van der Waals surface area contributed by atoms with Crippen LogP contribution in [-0.2, 0) is 9.59 Å². The van der Waals surface area contributed by atoms with Crippen molar-refractivity contribution >= 4 is 23.2 Å². The first kappa shape index (κ1) is 20.9. The van der Waals surface area contributed by atoms with Gasteiger partial charge in [0.25, 0.3) is 5.91 Å². The van der Waals surface area contributed by atoms with Gasteiger partial charge in [0.05, 0.1) is 17.6 Å². The average Bonchev–Trinajstić information content (AvgIpc) is 3.10. The number of phenolic OH excluding ortho intramolecular Hbond substituents is 1. The van der Waals surface area contributed by atoms with Crippen molar-refractivity contribution in [1.82, 2.24) is 5.01 Å². The molecule has 0 aliphatic carbocycles. The summed E-state index contributed by atoms with van der Waals surface area (Å²) in [5, 5.41) is 22.8. The van der Waals surface area contributed by atoms with E-state index in [0.717, 1.165) is 5.69 Å². The topological polar surface area (TPSA) is 93.1 Å². The Labute approximate surface area is 191 Å². The van der Waals surface area contributed by atoms with Crippen molar-refractivity contribution in [2.75, 3.05) is 10.3 Å². The molecule has 0 bridgehead atoms. The highest BCUT2D eigenvalue weighted by Crippen LogP contribution is 2.38. The Kier molecular flexibility index (Phi) is 5.42. The van der Waals surface area contributed by atoms with E-state index >= 15 is 0 Å². The van der Waals surface area contributed by atoms with Crippen LogP contribution in [0.4, 0.5) is 11.4 Å². The molecule has 1 saturated heterocycles. The van der Waals surface area contributed by atoms with Crippen molar-refractivity contribution in [3.63, 3.8) is 0 Å². The molecule has 2 aliphatic rings. The lowest BCUT2D eigenvalue weighted by molar-refractivity contribution is -0.123. The number of hydrogen-bond acceptors (Lipinski definition) is 6. The van der Waals surface area contributed by atoms with Gasteiger partial charge in [-0.05, 0) is 42.0 Å². The first-order valence-corrected chi connectivity index (χ1v) is 10.7. The lowest BCUT2D eigenvalue weighted by atomic mass is 9.90. The number of hydrazine groups is 1. The highest BCUT2D eigenvalue weighted by molar-refractivity contribution is 6.24. The van der Waals surface area contributed by atoms with E-state index in [1.165, 1.54) is 17.0 Å². The Balaban J connectivity index is 1.55. The number of fused-ring (bicyclic) bond motifs is 1. The minimum atomic E-state index is -1.06. The maximum atomic E-state index is 13.6. The molecule has 2 aliphatic heterocycles. The standard InChI is InChI=1S/C26H23N3O4/c30-20-13-7-8-17(16-20)24(31)22-15-14-21-23(29(22)27-18-9-3-1-4-10-18)26(33)28(25(21)32)19-11-5-2-6-12-19/h1-16,21-24,27,30-31H. The molecule has 3 N–H and O–H groups in total. The number of anilines is 2. The summed E-state index contributed by atoms with van der Waals surface area (Å²) in [6, 6.07) is 23.0. The summed E-state index contributed by atoms with van der Waals surface area (Å²) in [5.41, 5.74) is 4.98. The molecule has 166 valence electrons. The van der Waals surface area contributed by atoms with Crippen molar-refractivity contribution in [2.24, 2.45) is 5.92 Å². The SMILES string of the molecule is O=C1C2C=CC(C(O)c3cccc(O)c3)N(Nc3ccccc3)C2C(=O)N1c1ccccc1. The predicted molar refractivity (Wildman–Crippen MR) is 124 cm³/mol. The van der Waals surface area contributed by atoms with Crippen LogP contribution in [0.5, 0.6) is 5.75 Å². The zero-order valence-corrected chi connectivity index (χ0v) is 17.7. The summed E-state index contributed by atoms with van der Waals surface area (Å²) < 4.78 is 0. The van der Waals surface area contributed by atoms with Crippen LogP contribution in [0, 0.1) is 5.92 Å². The second-order valence-electron chi connectivity index (χ2n) is 8.12. The third kappa shape index (κ3) is 3.77. The van der Waals surface area contributed by atoms with Crippen LogP contribution in [0.2, 0.25) is 0 Å². The molecule has 0 saturated carbocycles. The van der Waals surface area contributed by atoms with Gasteiger partial charge in [0.15, 0.2) is 0 Å². The molecular formula is C26H23N3O4. The molecule has 0 spiro atoms. The Hall–Kier alpha value is -3.94. The number of nitrogens with one attached hydrogen (secondary N) is 1. The van der Waals surface area contributed by atoms with Crippen LogP contribution in [-0.4, -0.2) is 39.1 Å². The van der Waals surface area contributed by atoms with Crippen molar-refractivity contribution in [2.45, 2.75) is 18.2 Å². The Morgan fingerprint density at radius 1 is 0.818 bits per heavy atom. The number of carbonyl (C=O) groups is 2. The van der Waals surface area contributed by atoms with Crippen LogP contribution < -0.4 is 10.3 Å². The Morgan fingerprint density at radius 3 is 2.21 bits per heavy atom. The van der Waals surface area contributed by atoms with Crippen molar-refractivity contribution in [3.05, 3.63) is 103 Å². The first-order chi connectivity index (χ1) is 16.0. The van der Waals surface area contributed by atoms with Crippen LogP contribution in [0.3, 0.4) is 0 Å². The number of rotatable bonds is 5. The second-order valence-corrected chi connectivity index (χ2v) is 8.12. The van der Waals surface area contributed by atoms with Gasteiger partial charge in [-0.2, -0.15) is 0 Å². The molecule has 33 heavy (non-hydrogen) atoms. The lowest BCUT2D eigenvalue weighted by Gasteiger charge is -2.40. The van der Waals surface area contributed by atoms with E-state index in [1.807, 2.05) is 36.4 Å². The highest BCUT2D eigenvalue weighted by atomic mass is 16.3. The summed E-state index contributed by atoms with van der Waals surface area (Å²) in [5.74, 6) is -1.33. The largest absolute Gasteiger partial charge is 0.508 e. The molecular weight excluding hydrogens is 418 g/mol. The maximum Gasteiger partial charge on any atom is 0.254 e. The monoisotopic (exact) mass is 441 g/mol. The molecule has 7 nitrogen and oxygen atoms in total. The molecule has 0 radical (unpaired) electrons. The molecule has 4 unspecified atom stereocenters. The first-order valence-electron chi connectivity index (χ1n) is 10.7. The fourth-order valence-corrected chi connectivity index (χ4v) is 4.47. The van der Waals surface area contributed by atoms with E-state index in [1.54, 1.807) is 53.6 Å². The van der Waals surface area contributed by atoms with E-state index in [9.17, 15) is 19.8 Å². The predicted octanol–water partition coefficient (Wildman–Crippen LogP) is 3.25. The van der Waals surface area contributed by atoms with Gasteiger partial charge < -0.3 is 15.6 Å². The zero-order chi connectivity index (χ0) is 22.9. The molecule has 2 heterocycles. The van der Waals surface area contributed by atoms with Crippen LogP contribution in [0.25, 0.3) is 0 Å².